The fourth-order valence-electron chi connectivity index (χ4n) is 3.25. The summed E-state index contributed by atoms with van der Waals surface area (Å²) >= 11 is 0. The molecule has 0 radical (unpaired) electrons. The molecule has 0 aliphatic carbocycles. The number of hydrogen-bond acceptors (Lipinski definition) is 4. The number of hydrogen-bond donors (Lipinski definition) is 2. The topological polar surface area (TPSA) is 92.3 Å². The highest BCUT2D eigenvalue weighted by molar-refractivity contribution is 7.90. The summed E-state index contributed by atoms with van der Waals surface area (Å²) in [5.74, 6) is 0. The zero-order valence-electron chi connectivity index (χ0n) is 18.3. The number of rotatable bonds is 8. The van der Waals surface area contributed by atoms with Gasteiger partial charge in [-0.25, -0.2) is 21.6 Å². The average molecular weight is 513 g/mol. The van der Waals surface area contributed by atoms with Gasteiger partial charge in [0.05, 0.1) is 9.79 Å². The molecule has 0 saturated heterocycles. The van der Waals surface area contributed by atoms with Gasteiger partial charge in [0.15, 0.2) is 5.54 Å². The van der Waals surface area contributed by atoms with Gasteiger partial charge in [0.25, 0.3) is 0 Å². The van der Waals surface area contributed by atoms with Gasteiger partial charge in [-0.1, -0.05) is 65.7 Å². The molecule has 0 spiro atoms. The summed E-state index contributed by atoms with van der Waals surface area (Å²) in [5.41, 5.74) is -2.27. The summed E-state index contributed by atoms with van der Waals surface area (Å²) < 4.78 is 99.2. The van der Waals surface area contributed by atoms with Crippen LogP contribution in [0, 0.1) is 13.8 Å². The lowest BCUT2D eigenvalue weighted by Gasteiger charge is -2.36. The first-order valence-electron chi connectivity index (χ1n) is 10.1. The van der Waals surface area contributed by atoms with Crippen molar-refractivity contribution in [3.8, 4) is 0 Å². The number of benzene rings is 3. The second-order valence-electron chi connectivity index (χ2n) is 7.83. The second kappa shape index (κ2) is 9.49. The van der Waals surface area contributed by atoms with Crippen molar-refractivity contribution in [1.82, 2.24) is 9.44 Å². The molecule has 0 amide bonds. The first-order chi connectivity index (χ1) is 15.8. The van der Waals surface area contributed by atoms with Crippen LogP contribution in [0.1, 0.15) is 16.7 Å². The van der Waals surface area contributed by atoms with Crippen molar-refractivity contribution in [2.75, 3.05) is 6.54 Å². The van der Waals surface area contributed by atoms with Gasteiger partial charge in [-0.15, -0.1) is 0 Å². The van der Waals surface area contributed by atoms with Crippen molar-refractivity contribution in [3.63, 3.8) is 0 Å². The maximum atomic E-state index is 14.6. The predicted molar refractivity (Wildman–Crippen MR) is 122 cm³/mol. The Hall–Kier alpha value is -2.73. The van der Waals surface area contributed by atoms with Crippen LogP contribution in [0.2, 0.25) is 0 Å². The van der Waals surface area contributed by atoms with Crippen LogP contribution in [0.5, 0.6) is 0 Å². The van der Waals surface area contributed by atoms with Crippen LogP contribution in [-0.2, 0) is 25.6 Å². The molecule has 0 fully saturated rings. The molecule has 2 N–H and O–H groups in total. The Morgan fingerprint density at radius 3 is 1.56 bits per heavy atom. The minimum Gasteiger partial charge on any atom is -0.209 e. The molecular weight excluding hydrogens is 489 g/mol. The minimum absolute atomic E-state index is 0.247. The van der Waals surface area contributed by atoms with E-state index in [0.717, 1.165) is 23.3 Å². The van der Waals surface area contributed by atoms with E-state index in [1.165, 1.54) is 66.7 Å². The van der Waals surface area contributed by atoms with E-state index in [0.29, 0.717) is 0 Å². The predicted octanol–water partition coefficient (Wildman–Crippen LogP) is 4.02. The molecule has 11 heteroatoms. The van der Waals surface area contributed by atoms with E-state index in [4.69, 9.17) is 0 Å². The zero-order chi connectivity index (χ0) is 25.2. The molecule has 34 heavy (non-hydrogen) atoms. The van der Waals surface area contributed by atoms with Gasteiger partial charge in [0.2, 0.25) is 20.0 Å². The SMILES string of the molecule is Cc1ccc(S(=O)(=O)NC[C@@](NS(=O)(=O)c2ccc(C)cc2)(c2ccccc2)C(F)(F)F)cc1. The Morgan fingerprint density at radius 1 is 0.676 bits per heavy atom. The van der Waals surface area contributed by atoms with Gasteiger partial charge >= 0.3 is 6.18 Å². The summed E-state index contributed by atoms with van der Waals surface area (Å²) in [6.45, 7) is 2.13. The van der Waals surface area contributed by atoms with E-state index in [1.807, 2.05) is 4.72 Å². The molecule has 6 nitrogen and oxygen atoms in total. The van der Waals surface area contributed by atoms with E-state index < -0.39 is 43.9 Å². The fraction of sp³-hybridized carbons (Fsp3) is 0.217. The van der Waals surface area contributed by atoms with E-state index in [2.05, 4.69) is 0 Å². The summed E-state index contributed by atoms with van der Waals surface area (Å²) in [7, 11) is -9.10. The molecule has 3 aromatic carbocycles. The lowest BCUT2D eigenvalue weighted by Crippen LogP contribution is -2.61. The third kappa shape index (κ3) is 5.49. The lowest BCUT2D eigenvalue weighted by atomic mass is 9.90. The van der Waals surface area contributed by atoms with Gasteiger partial charge in [-0.3, -0.25) is 0 Å². The molecule has 0 bridgehead atoms. The number of sulfonamides is 2. The third-order valence-electron chi connectivity index (χ3n) is 5.25. The van der Waals surface area contributed by atoms with Crippen LogP contribution >= 0.6 is 0 Å². The zero-order valence-corrected chi connectivity index (χ0v) is 19.9. The molecular formula is C23H23F3N2O4S2. The third-order valence-corrected chi connectivity index (χ3v) is 8.18. The molecule has 0 aliphatic heterocycles. The van der Waals surface area contributed by atoms with Crippen LogP contribution in [0.15, 0.2) is 88.7 Å². The summed E-state index contributed by atoms with van der Waals surface area (Å²) in [6, 6.07) is 17.0. The number of nitrogens with one attached hydrogen (secondary N) is 2. The molecule has 0 saturated carbocycles. The number of halogens is 3. The van der Waals surface area contributed by atoms with Gasteiger partial charge in [-0.05, 0) is 43.7 Å². The van der Waals surface area contributed by atoms with Crippen LogP contribution in [0.25, 0.3) is 0 Å². The largest absolute Gasteiger partial charge is 0.413 e. The molecule has 0 aliphatic rings. The molecule has 0 unspecified atom stereocenters. The normalized spacial score (nSPS) is 14.5. The lowest BCUT2D eigenvalue weighted by molar-refractivity contribution is -0.192. The molecule has 3 aromatic rings. The highest BCUT2D eigenvalue weighted by Gasteiger charge is 2.58. The van der Waals surface area contributed by atoms with E-state index in [1.54, 1.807) is 18.6 Å². The quantitative estimate of drug-likeness (QED) is 0.477. The number of alkyl halides is 3. The standard InChI is InChI=1S/C23H23F3N2O4S2/c1-17-8-12-20(13-9-17)33(29,30)27-16-22(23(24,25)26,19-6-4-3-5-7-19)28-34(31,32)21-14-10-18(2)11-15-21/h3-15,27-28H,16H2,1-2H3/t22-/m1/s1. The first kappa shape index (κ1) is 25.9. The Balaban J connectivity index is 2.09. The van der Waals surface area contributed by atoms with Crippen LogP contribution < -0.4 is 9.44 Å². The van der Waals surface area contributed by atoms with Crippen LogP contribution in [0.4, 0.5) is 13.2 Å². The summed E-state index contributed by atoms with van der Waals surface area (Å²) in [6.07, 6.45) is -5.21. The van der Waals surface area contributed by atoms with Gasteiger partial charge in [-0.2, -0.15) is 17.9 Å². The van der Waals surface area contributed by atoms with Crippen molar-refractivity contribution in [2.24, 2.45) is 0 Å². The smallest absolute Gasteiger partial charge is 0.209 e. The number of aryl methyl sites for hydroxylation is 2. The maximum Gasteiger partial charge on any atom is 0.413 e. The average Bonchev–Trinajstić information content (AvgIpc) is 2.77. The van der Waals surface area contributed by atoms with E-state index in [-0.39, 0.29) is 9.79 Å². The van der Waals surface area contributed by atoms with Gasteiger partial charge in [0.1, 0.15) is 0 Å². The summed E-state index contributed by atoms with van der Waals surface area (Å²) in [4.78, 5) is -0.632. The summed E-state index contributed by atoms with van der Waals surface area (Å²) in [5, 5.41) is 0. The fourth-order valence-corrected chi connectivity index (χ4v) is 5.70. The van der Waals surface area contributed by atoms with Crippen LogP contribution in [0.3, 0.4) is 0 Å². The van der Waals surface area contributed by atoms with Crippen molar-refractivity contribution in [2.45, 2.75) is 35.4 Å². The molecule has 1 atom stereocenters. The van der Waals surface area contributed by atoms with E-state index >= 15 is 0 Å². The maximum absolute atomic E-state index is 14.6. The minimum atomic E-state index is -5.21. The van der Waals surface area contributed by atoms with Crippen LogP contribution in [-0.4, -0.2) is 29.6 Å². The van der Waals surface area contributed by atoms with E-state index in [9.17, 15) is 30.0 Å². The van der Waals surface area contributed by atoms with Gasteiger partial charge in [0, 0.05) is 6.54 Å². The highest BCUT2D eigenvalue weighted by atomic mass is 32.2. The molecule has 0 aromatic heterocycles. The van der Waals surface area contributed by atoms with Gasteiger partial charge < -0.3 is 0 Å². The van der Waals surface area contributed by atoms with Crippen molar-refractivity contribution < 1.29 is 30.0 Å². The second-order valence-corrected chi connectivity index (χ2v) is 11.3. The first-order valence-corrected chi connectivity index (χ1v) is 13.0. The Bertz CT molecular complexity index is 1340. The van der Waals surface area contributed by atoms with Crippen molar-refractivity contribution in [3.05, 3.63) is 95.6 Å². The monoisotopic (exact) mass is 512 g/mol. The molecule has 182 valence electrons. The molecule has 3 rings (SSSR count). The highest BCUT2D eigenvalue weighted by Crippen LogP contribution is 2.40. The molecule has 0 heterocycles. The Labute approximate surface area is 196 Å². The van der Waals surface area contributed by atoms with Crippen molar-refractivity contribution in [1.29, 1.82) is 0 Å². The van der Waals surface area contributed by atoms with Crippen molar-refractivity contribution >= 4 is 20.0 Å². The Morgan fingerprint density at radius 2 is 1.12 bits per heavy atom. The Kier molecular flexibility index (Phi) is 7.23.